The fourth-order valence-corrected chi connectivity index (χ4v) is 2.30. The third kappa shape index (κ3) is 7.90. The molecule has 28 heavy (non-hydrogen) atoms. The van der Waals surface area contributed by atoms with Crippen molar-refractivity contribution in [1.82, 2.24) is 5.32 Å². The Hall–Kier alpha value is -3.35. The summed E-state index contributed by atoms with van der Waals surface area (Å²) in [7, 11) is 0. The largest absolute Gasteiger partial charge is 0.444 e. The number of carbonyl (C=O) groups excluding carboxylic acids is 3. The number of benzene rings is 2. The van der Waals surface area contributed by atoms with E-state index in [1.807, 2.05) is 30.3 Å². The molecule has 0 bridgehead atoms. The van der Waals surface area contributed by atoms with Crippen LogP contribution < -0.4 is 16.0 Å². The number of hydrogen-bond acceptors (Lipinski definition) is 4. The molecule has 2 aromatic rings. The summed E-state index contributed by atoms with van der Waals surface area (Å²) in [6, 6.07) is 16.2. The summed E-state index contributed by atoms with van der Waals surface area (Å²) in [5, 5.41) is 7.86. The normalized spacial score (nSPS) is 10.7. The van der Waals surface area contributed by atoms with Crippen LogP contribution in [0.2, 0.25) is 0 Å². The number of rotatable bonds is 6. The average molecular weight is 383 g/mol. The van der Waals surface area contributed by atoms with Crippen LogP contribution in [0.4, 0.5) is 16.2 Å². The molecule has 0 spiro atoms. The summed E-state index contributed by atoms with van der Waals surface area (Å²) in [6.07, 6.45) is -0.366. The molecule has 0 atom stereocenters. The van der Waals surface area contributed by atoms with Crippen molar-refractivity contribution in [2.45, 2.75) is 32.8 Å². The highest BCUT2D eigenvalue weighted by Crippen LogP contribution is 2.14. The molecular formula is C21H25N3O4. The number of alkyl carbamates (subject to hydrolysis) is 1. The smallest absolute Gasteiger partial charge is 0.408 e. The van der Waals surface area contributed by atoms with Crippen molar-refractivity contribution in [2.75, 3.05) is 17.2 Å². The number of carbonyl (C=O) groups is 3. The van der Waals surface area contributed by atoms with Gasteiger partial charge in [0.05, 0.1) is 6.42 Å². The van der Waals surface area contributed by atoms with E-state index in [0.29, 0.717) is 11.4 Å². The van der Waals surface area contributed by atoms with Crippen LogP contribution in [0.15, 0.2) is 54.6 Å². The van der Waals surface area contributed by atoms with Crippen molar-refractivity contribution < 1.29 is 19.1 Å². The van der Waals surface area contributed by atoms with E-state index in [1.54, 1.807) is 45.0 Å². The van der Waals surface area contributed by atoms with Crippen molar-refractivity contribution >= 4 is 29.3 Å². The summed E-state index contributed by atoms with van der Waals surface area (Å²) in [5.74, 6) is -0.503. The second-order valence-electron chi connectivity index (χ2n) is 7.19. The Balaban J connectivity index is 1.78. The van der Waals surface area contributed by atoms with Crippen LogP contribution >= 0.6 is 0 Å². The van der Waals surface area contributed by atoms with Gasteiger partial charge in [0.15, 0.2) is 0 Å². The van der Waals surface area contributed by atoms with Gasteiger partial charge in [-0.3, -0.25) is 9.59 Å². The Labute approximate surface area is 164 Å². The Morgan fingerprint density at radius 2 is 1.36 bits per heavy atom. The van der Waals surface area contributed by atoms with Crippen molar-refractivity contribution in [2.24, 2.45) is 0 Å². The Morgan fingerprint density at radius 1 is 0.821 bits per heavy atom. The highest BCUT2D eigenvalue weighted by Gasteiger charge is 2.16. The molecule has 0 saturated heterocycles. The molecule has 0 aliphatic rings. The van der Waals surface area contributed by atoms with E-state index in [9.17, 15) is 14.4 Å². The van der Waals surface area contributed by atoms with Gasteiger partial charge in [-0.05, 0) is 50.6 Å². The molecular weight excluding hydrogens is 358 g/mol. The first-order chi connectivity index (χ1) is 13.2. The van der Waals surface area contributed by atoms with Gasteiger partial charge < -0.3 is 20.7 Å². The quantitative estimate of drug-likeness (QED) is 0.713. The van der Waals surface area contributed by atoms with Gasteiger partial charge in [-0.1, -0.05) is 30.3 Å². The van der Waals surface area contributed by atoms with E-state index >= 15 is 0 Å². The Morgan fingerprint density at radius 3 is 1.89 bits per heavy atom. The van der Waals surface area contributed by atoms with Gasteiger partial charge in [0, 0.05) is 11.4 Å². The zero-order valence-electron chi connectivity index (χ0n) is 16.2. The van der Waals surface area contributed by atoms with Gasteiger partial charge in [-0.15, -0.1) is 0 Å². The highest BCUT2D eigenvalue weighted by atomic mass is 16.6. The maximum Gasteiger partial charge on any atom is 0.408 e. The Kier molecular flexibility index (Phi) is 7.14. The summed E-state index contributed by atoms with van der Waals surface area (Å²) >= 11 is 0. The second-order valence-corrected chi connectivity index (χ2v) is 7.19. The number of hydrogen-bond donors (Lipinski definition) is 3. The van der Waals surface area contributed by atoms with Crippen LogP contribution in [0, 0.1) is 0 Å². The molecule has 7 heteroatoms. The van der Waals surface area contributed by atoms with E-state index in [4.69, 9.17) is 4.74 Å². The predicted octanol–water partition coefficient (Wildman–Crippen LogP) is 3.33. The summed E-state index contributed by atoms with van der Waals surface area (Å²) in [5.41, 5.74) is 1.49. The van der Waals surface area contributed by atoms with Crippen molar-refractivity contribution in [3.63, 3.8) is 0 Å². The zero-order valence-corrected chi connectivity index (χ0v) is 16.2. The van der Waals surface area contributed by atoms with E-state index < -0.39 is 11.7 Å². The lowest BCUT2D eigenvalue weighted by atomic mass is 10.1. The number of amides is 3. The van der Waals surface area contributed by atoms with Crippen molar-refractivity contribution in [1.29, 1.82) is 0 Å². The first-order valence-electron chi connectivity index (χ1n) is 8.92. The average Bonchev–Trinajstić information content (AvgIpc) is 2.61. The van der Waals surface area contributed by atoms with Crippen LogP contribution in [-0.4, -0.2) is 30.1 Å². The standard InChI is InChI=1S/C21H25N3O4/c1-21(2,3)28-20(27)22-14-19(26)24-17-11-9-16(10-12-17)23-18(25)13-15-7-5-4-6-8-15/h4-12H,13-14H2,1-3H3,(H,22,27)(H,23,25)(H,24,26). The minimum absolute atomic E-state index is 0.121. The van der Waals surface area contributed by atoms with Crippen LogP contribution in [-0.2, 0) is 20.7 Å². The minimum atomic E-state index is -0.654. The molecule has 3 amide bonds. The molecule has 148 valence electrons. The monoisotopic (exact) mass is 383 g/mol. The molecule has 3 N–H and O–H groups in total. The summed E-state index contributed by atoms with van der Waals surface area (Å²) in [6.45, 7) is 5.02. The molecule has 0 radical (unpaired) electrons. The first kappa shape index (κ1) is 21.0. The Bertz CT molecular complexity index is 812. The predicted molar refractivity (Wildman–Crippen MR) is 108 cm³/mol. The molecule has 0 heterocycles. The third-order valence-corrected chi connectivity index (χ3v) is 3.45. The fraction of sp³-hybridized carbons (Fsp3) is 0.286. The van der Waals surface area contributed by atoms with E-state index in [0.717, 1.165) is 5.56 Å². The molecule has 2 aromatic carbocycles. The molecule has 0 fully saturated rings. The van der Waals surface area contributed by atoms with Crippen LogP contribution in [0.3, 0.4) is 0 Å². The van der Waals surface area contributed by atoms with E-state index in [-0.39, 0.29) is 24.8 Å². The molecule has 0 aliphatic carbocycles. The lowest BCUT2D eigenvalue weighted by Gasteiger charge is -2.19. The number of ether oxygens (including phenoxy) is 1. The number of nitrogens with one attached hydrogen (secondary N) is 3. The summed E-state index contributed by atoms with van der Waals surface area (Å²) < 4.78 is 5.06. The third-order valence-electron chi connectivity index (χ3n) is 3.45. The zero-order chi connectivity index (χ0) is 20.6. The first-order valence-corrected chi connectivity index (χ1v) is 8.92. The van der Waals surface area contributed by atoms with Gasteiger partial charge in [0.25, 0.3) is 0 Å². The van der Waals surface area contributed by atoms with E-state index in [2.05, 4.69) is 16.0 Å². The molecule has 2 rings (SSSR count). The molecule has 0 aromatic heterocycles. The summed E-state index contributed by atoms with van der Waals surface area (Å²) in [4.78, 5) is 35.5. The molecule has 0 aliphatic heterocycles. The molecule has 0 unspecified atom stereocenters. The van der Waals surface area contributed by atoms with Gasteiger partial charge in [0.2, 0.25) is 11.8 Å². The fourth-order valence-electron chi connectivity index (χ4n) is 2.30. The van der Waals surface area contributed by atoms with Crippen LogP contribution in [0.5, 0.6) is 0 Å². The maximum atomic E-state index is 12.1. The minimum Gasteiger partial charge on any atom is -0.444 e. The second kappa shape index (κ2) is 9.55. The van der Waals surface area contributed by atoms with Gasteiger partial charge in [0.1, 0.15) is 12.1 Å². The van der Waals surface area contributed by atoms with Gasteiger partial charge >= 0.3 is 6.09 Å². The molecule has 7 nitrogen and oxygen atoms in total. The van der Waals surface area contributed by atoms with Gasteiger partial charge in [-0.2, -0.15) is 0 Å². The van der Waals surface area contributed by atoms with Crippen LogP contribution in [0.1, 0.15) is 26.3 Å². The topological polar surface area (TPSA) is 96.5 Å². The highest BCUT2D eigenvalue weighted by molar-refractivity contribution is 5.95. The number of anilines is 2. The maximum absolute atomic E-state index is 12.1. The van der Waals surface area contributed by atoms with E-state index in [1.165, 1.54) is 0 Å². The SMILES string of the molecule is CC(C)(C)OC(=O)NCC(=O)Nc1ccc(NC(=O)Cc2ccccc2)cc1. The van der Waals surface area contributed by atoms with Crippen LogP contribution in [0.25, 0.3) is 0 Å². The van der Waals surface area contributed by atoms with Crippen molar-refractivity contribution in [3.05, 3.63) is 60.2 Å². The van der Waals surface area contributed by atoms with Gasteiger partial charge in [-0.25, -0.2) is 4.79 Å². The lowest BCUT2D eigenvalue weighted by molar-refractivity contribution is -0.116. The molecule has 0 saturated carbocycles. The van der Waals surface area contributed by atoms with Crippen molar-refractivity contribution in [3.8, 4) is 0 Å². The lowest BCUT2D eigenvalue weighted by Crippen LogP contribution is -2.37.